The molecule has 0 amide bonds. The zero-order valence-electron chi connectivity index (χ0n) is 13.7. The molecule has 0 radical (unpaired) electrons. The van der Waals surface area contributed by atoms with Gasteiger partial charge < -0.3 is 5.32 Å². The van der Waals surface area contributed by atoms with Crippen LogP contribution in [0, 0.1) is 20.2 Å². The molecule has 2 aromatic carbocycles. The van der Waals surface area contributed by atoms with E-state index in [4.69, 9.17) is 11.6 Å². The van der Waals surface area contributed by atoms with Crippen LogP contribution in [-0.4, -0.2) is 9.85 Å². The fourth-order valence-corrected chi connectivity index (χ4v) is 3.84. The van der Waals surface area contributed by atoms with Crippen LogP contribution >= 0.6 is 43.5 Å². The van der Waals surface area contributed by atoms with E-state index in [1.807, 2.05) is 0 Å². The molecule has 0 atom stereocenters. The SMILES string of the molecule is O=[N+]([O-])c1cc([N+](=O)[O-])c(Nc2c(Br)cc(Br)c(Cl)c2C(F)(F)F)c(C(F)(F)F)c1. The van der Waals surface area contributed by atoms with E-state index >= 15 is 0 Å². The second-order valence-corrected chi connectivity index (χ2v) is 7.51. The van der Waals surface area contributed by atoms with Gasteiger partial charge in [0.05, 0.1) is 37.7 Å². The summed E-state index contributed by atoms with van der Waals surface area (Å²) in [6, 6.07) is 1.14. The number of nitrogens with zero attached hydrogens (tertiary/aromatic N) is 2. The highest BCUT2D eigenvalue weighted by atomic mass is 79.9. The summed E-state index contributed by atoms with van der Waals surface area (Å²) in [7, 11) is 0. The first-order valence-corrected chi connectivity index (χ1v) is 9.07. The maximum atomic E-state index is 13.5. The van der Waals surface area contributed by atoms with Crippen molar-refractivity contribution in [1.29, 1.82) is 0 Å². The average molecular weight is 587 g/mol. The number of anilines is 2. The molecule has 0 aromatic heterocycles. The Labute approximate surface area is 183 Å². The number of non-ortho nitro benzene ring substituents is 1. The Kier molecular flexibility index (Phi) is 6.59. The van der Waals surface area contributed by atoms with Crippen LogP contribution in [0.3, 0.4) is 0 Å². The number of nitro benzene ring substituents is 2. The van der Waals surface area contributed by atoms with Crippen molar-refractivity contribution in [1.82, 2.24) is 0 Å². The maximum Gasteiger partial charge on any atom is 0.419 e. The van der Waals surface area contributed by atoms with Crippen molar-refractivity contribution < 1.29 is 36.2 Å². The molecular formula is C14H4Br2ClF6N3O4. The van der Waals surface area contributed by atoms with E-state index in [2.05, 4.69) is 31.9 Å². The number of rotatable bonds is 4. The normalized spacial score (nSPS) is 12.0. The van der Waals surface area contributed by atoms with Gasteiger partial charge in [-0.15, -0.1) is 0 Å². The highest BCUT2D eigenvalue weighted by molar-refractivity contribution is 9.11. The molecule has 0 aliphatic rings. The summed E-state index contributed by atoms with van der Waals surface area (Å²) in [5.41, 5.74) is -8.76. The van der Waals surface area contributed by atoms with Crippen molar-refractivity contribution in [2.24, 2.45) is 0 Å². The summed E-state index contributed by atoms with van der Waals surface area (Å²) >= 11 is 11.2. The van der Waals surface area contributed by atoms with Crippen LogP contribution in [0.1, 0.15) is 11.1 Å². The number of alkyl halides is 6. The molecule has 0 heterocycles. The molecule has 0 saturated heterocycles. The molecule has 0 spiro atoms. The van der Waals surface area contributed by atoms with Crippen LogP contribution in [0.2, 0.25) is 5.02 Å². The third-order valence-corrected chi connectivity index (χ3v) is 5.39. The Balaban J connectivity index is 2.92. The fraction of sp³-hybridized carbons (Fsp3) is 0.143. The quantitative estimate of drug-likeness (QED) is 0.173. The Bertz CT molecular complexity index is 1060. The average Bonchev–Trinajstić information content (AvgIpc) is 2.57. The Morgan fingerprint density at radius 1 is 0.867 bits per heavy atom. The number of hydrogen-bond donors (Lipinski definition) is 1. The van der Waals surface area contributed by atoms with Gasteiger partial charge in [-0.3, -0.25) is 20.2 Å². The lowest BCUT2D eigenvalue weighted by Gasteiger charge is -2.20. The number of hydrogen-bond acceptors (Lipinski definition) is 5. The third kappa shape index (κ3) is 4.78. The minimum Gasteiger partial charge on any atom is -0.348 e. The minimum atomic E-state index is -5.39. The van der Waals surface area contributed by atoms with E-state index in [-0.39, 0.29) is 16.6 Å². The van der Waals surface area contributed by atoms with Crippen LogP contribution in [0.4, 0.5) is 49.1 Å². The molecule has 1 N–H and O–H groups in total. The van der Waals surface area contributed by atoms with Crippen LogP contribution in [-0.2, 0) is 12.4 Å². The summed E-state index contributed by atoms with van der Waals surface area (Å²) < 4.78 is 80.3. The highest BCUT2D eigenvalue weighted by Gasteiger charge is 2.42. The van der Waals surface area contributed by atoms with Crippen molar-refractivity contribution in [3.05, 3.63) is 63.5 Å². The van der Waals surface area contributed by atoms with Crippen molar-refractivity contribution >= 4 is 66.2 Å². The van der Waals surface area contributed by atoms with Crippen molar-refractivity contribution in [2.75, 3.05) is 5.32 Å². The molecule has 16 heteroatoms. The van der Waals surface area contributed by atoms with E-state index in [0.717, 1.165) is 6.07 Å². The summed E-state index contributed by atoms with van der Waals surface area (Å²) in [5.74, 6) is 0. The number of nitro groups is 2. The standard InChI is InChI=1S/C14H4Br2ClF6N3O4/c15-6-3-7(16)12(9(10(6)17)14(21,22)23)24-11-5(13(18,19)20)1-4(25(27)28)2-8(11)26(29)30/h1-3,24H. The molecular weight excluding hydrogens is 583 g/mol. The summed E-state index contributed by atoms with van der Waals surface area (Å²) in [4.78, 5) is 19.4. The van der Waals surface area contributed by atoms with E-state index in [0.29, 0.717) is 0 Å². The Morgan fingerprint density at radius 3 is 1.87 bits per heavy atom. The summed E-state index contributed by atoms with van der Waals surface area (Å²) in [6.45, 7) is 0. The van der Waals surface area contributed by atoms with Gasteiger partial charge in [0.15, 0.2) is 0 Å². The van der Waals surface area contributed by atoms with Gasteiger partial charge in [-0.2, -0.15) is 26.3 Å². The molecule has 162 valence electrons. The van der Waals surface area contributed by atoms with Crippen molar-refractivity contribution in [3.8, 4) is 0 Å². The zero-order valence-corrected chi connectivity index (χ0v) is 17.6. The molecule has 0 aliphatic carbocycles. The van der Waals surface area contributed by atoms with E-state index in [9.17, 15) is 46.6 Å². The molecule has 0 saturated carbocycles. The first kappa shape index (κ1) is 24.1. The third-order valence-electron chi connectivity index (χ3n) is 3.52. The smallest absolute Gasteiger partial charge is 0.348 e. The van der Waals surface area contributed by atoms with Gasteiger partial charge in [0.2, 0.25) is 0 Å². The van der Waals surface area contributed by atoms with E-state index < -0.39 is 65.6 Å². The lowest BCUT2D eigenvalue weighted by molar-refractivity contribution is -0.394. The van der Waals surface area contributed by atoms with Crippen molar-refractivity contribution in [3.63, 3.8) is 0 Å². The molecule has 0 fully saturated rings. The fourth-order valence-electron chi connectivity index (χ4n) is 2.33. The predicted molar refractivity (Wildman–Crippen MR) is 99.9 cm³/mol. The number of halogens is 9. The zero-order chi connectivity index (χ0) is 23.2. The molecule has 7 nitrogen and oxygen atoms in total. The van der Waals surface area contributed by atoms with Crippen LogP contribution in [0.25, 0.3) is 0 Å². The summed E-state index contributed by atoms with van der Waals surface area (Å²) in [5, 5.41) is 23.0. The maximum absolute atomic E-state index is 13.5. The molecule has 0 unspecified atom stereocenters. The van der Waals surface area contributed by atoms with Crippen LogP contribution < -0.4 is 5.32 Å². The van der Waals surface area contributed by atoms with Gasteiger partial charge in [-0.25, -0.2) is 0 Å². The van der Waals surface area contributed by atoms with Crippen LogP contribution in [0.15, 0.2) is 27.1 Å². The first-order chi connectivity index (χ1) is 13.6. The van der Waals surface area contributed by atoms with Gasteiger partial charge in [-0.1, -0.05) is 11.6 Å². The molecule has 0 bridgehead atoms. The lowest BCUT2D eigenvalue weighted by Crippen LogP contribution is -2.15. The molecule has 2 aromatic rings. The second-order valence-electron chi connectivity index (χ2n) is 5.43. The lowest BCUT2D eigenvalue weighted by atomic mass is 10.1. The Hall–Kier alpha value is -2.13. The van der Waals surface area contributed by atoms with Crippen molar-refractivity contribution in [2.45, 2.75) is 12.4 Å². The number of nitrogens with one attached hydrogen (secondary N) is 1. The van der Waals surface area contributed by atoms with E-state index in [1.165, 1.54) is 0 Å². The van der Waals surface area contributed by atoms with Gasteiger partial charge in [0.1, 0.15) is 5.69 Å². The molecule has 30 heavy (non-hydrogen) atoms. The van der Waals surface area contributed by atoms with Crippen LogP contribution in [0.5, 0.6) is 0 Å². The second kappa shape index (κ2) is 8.19. The number of benzene rings is 2. The molecule has 2 rings (SSSR count). The topological polar surface area (TPSA) is 98.3 Å². The largest absolute Gasteiger partial charge is 0.419 e. The minimum absolute atomic E-state index is 0.0308. The monoisotopic (exact) mass is 585 g/mol. The first-order valence-electron chi connectivity index (χ1n) is 7.11. The summed E-state index contributed by atoms with van der Waals surface area (Å²) in [6.07, 6.45) is -10.6. The Morgan fingerprint density at radius 2 is 1.43 bits per heavy atom. The molecule has 0 aliphatic heterocycles. The van der Waals surface area contributed by atoms with Gasteiger partial charge in [-0.05, 0) is 37.9 Å². The van der Waals surface area contributed by atoms with Gasteiger partial charge >= 0.3 is 12.4 Å². The predicted octanol–water partition coefficient (Wildman–Crippen LogP) is 7.46. The highest BCUT2D eigenvalue weighted by Crippen LogP contribution is 2.50. The van der Waals surface area contributed by atoms with Gasteiger partial charge in [0, 0.05) is 15.0 Å². The van der Waals surface area contributed by atoms with Gasteiger partial charge in [0.25, 0.3) is 11.4 Å². The van der Waals surface area contributed by atoms with E-state index in [1.54, 1.807) is 5.32 Å².